The highest BCUT2D eigenvalue weighted by atomic mass is 32.1. The molecule has 0 N–H and O–H groups in total. The average Bonchev–Trinajstić information content (AvgIpc) is 3.50. The Bertz CT molecular complexity index is 2370. The molecule has 0 radical (unpaired) electrons. The number of rotatable bonds is 8. The second kappa shape index (κ2) is 13.0. The zero-order chi connectivity index (χ0) is 32.3. The zero-order valence-electron chi connectivity index (χ0n) is 26.1. The fourth-order valence-corrected chi connectivity index (χ4v) is 7.15. The summed E-state index contributed by atoms with van der Waals surface area (Å²) in [6.45, 7) is 16.4. The molecule has 6 aromatic rings. The number of nitrogens with zero attached hydrogens (tertiary/aromatic N) is 3. The van der Waals surface area contributed by atoms with Crippen molar-refractivity contribution < 1.29 is 0 Å². The molecule has 1 aliphatic carbocycles. The molecule has 0 aliphatic heterocycles. The minimum Gasteiger partial charge on any atom is -0.262 e. The van der Waals surface area contributed by atoms with Gasteiger partial charge in [0, 0.05) is 26.8 Å². The van der Waals surface area contributed by atoms with E-state index in [1.54, 1.807) is 11.3 Å². The van der Waals surface area contributed by atoms with E-state index in [-0.39, 0.29) is 0 Å². The molecule has 0 unspecified atom stereocenters. The molecule has 2 heterocycles. The van der Waals surface area contributed by atoms with Gasteiger partial charge in [0.05, 0.1) is 22.0 Å². The Kier molecular flexibility index (Phi) is 8.26. The summed E-state index contributed by atoms with van der Waals surface area (Å²) in [7, 11) is 0. The minimum atomic E-state index is 0.713. The predicted octanol–water partition coefficient (Wildman–Crippen LogP) is 10.2. The van der Waals surface area contributed by atoms with Gasteiger partial charge in [0.15, 0.2) is 5.82 Å². The van der Waals surface area contributed by atoms with E-state index in [4.69, 9.17) is 9.97 Å². The summed E-state index contributed by atoms with van der Waals surface area (Å²) >= 11 is 1.68. The van der Waals surface area contributed by atoms with E-state index in [1.807, 2.05) is 48.6 Å². The molecule has 3 nitrogen and oxygen atoms in total. The van der Waals surface area contributed by atoms with Crippen LogP contribution in [0.15, 0.2) is 140 Å². The second-order valence-electron chi connectivity index (χ2n) is 11.4. The van der Waals surface area contributed by atoms with Crippen LogP contribution in [-0.4, -0.2) is 16.7 Å². The molecule has 0 bridgehead atoms. The summed E-state index contributed by atoms with van der Waals surface area (Å²) in [6, 6.07) is 33.7. The molecule has 0 saturated heterocycles. The maximum Gasteiger partial charge on any atom is 0.160 e. The van der Waals surface area contributed by atoms with E-state index in [9.17, 15) is 0 Å². The normalized spacial score (nSPS) is 13.2. The van der Waals surface area contributed by atoms with Crippen LogP contribution < -0.4 is 10.4 Å². The lowest BCUT2D eigenvalue weighted by molar-refractivity contribution is 1.03. The largest absolute Gasteiger partial charge is 0.262 e. The van der Waals surface area contributed by atoms with Crippen LogP contribution in [0.3, 0.4) is 0 Å². The number of aromatic nitrogens is 2. The maximum absolute atomic E-state index is 5.25. The standard InChI is InChI=1S/C43H33N3S/c1-5-33(34-20-14-13-15-28(34)3)35-23-21-31(32-22-24-41-37(26-32)42(44-4)40(6-2)47-41)25-36(35)39-27-38(29-16-9-7-10-17-29)45-43(46-39)30-18-11-8-12-19-30/h5-7,9-11,13-27H,1-4,8,12H2/b34-33+. The lowest BCUT2D eigenvalue weighted by Crippen LogP contribution is -2.25. The van der Waals surface area contributed by atoms with Crippen LogP contribution in [0, 0.1) is 0 Å². The monoisotopic (exact) mass is 623 g/mol. The molecule has 226 valence electrons. The molecule has 7 rings (SSSR count). The van der Waals surface area contributed by atoms with E-state index in [0.717, 1.165) is 94.3 Å². The number of hydrogen-bond acceptors (Lipinski definition) is 4. The fourth-order valence-electron chi connectivity index (χ4n) is 6.15. The van der Waals surface area contributed by atoms with Crippen LogP contribution in [0.5, 0.6) is 0 Å². The number of fused-ring (bicyclic) bond motifs is 1. The Hall–Kier alpha value is -5.71. The summed E-state index contributed by atoms with van der Waals surface area (Å²) in [5.41, 5.74) is 9.81. The highest BCUT2D eigenvalue weighted by Crippen LogP contribution is 2.41. The van der Waals surface area contributed by atoms with Crippen LogP contribution in [0.1, 0.15) is 29.1 Å². The van der Waals surface area contributed by atoms with Gasteiger partial charge in [0.25, 0.3) is 0 Å². The smallest absolute Gasteiger partial charge is 0.160 e. The molecule has 0 atom stereocenters. The van der Waals surface area contributed by atoms with Gasteiger partial charge in [-0.3, -0.25) is 4.99 Å². The van der Waals surface area contributed by atoms with Crippen LogP contribution >= 0.6 is 11.3 Å². The topological polar surface area (TPSA) is 38.1 Å². The SMILES string of the molecule is C=C/C(c1ccc(-c2ccc3sc(C=C)c(N=C)c3c2)cc1-c1cc(-c2ccccc2)nc(C2=CCCC=C2)n1)=c1/ccccc1=C. The third-order valence-electron chi connectivity index (χ3n) is 8.51. The van der Waals surface area contributed by atoms with Crippen molar-refractivity contribution in [3.8, 4) is 33.6 Å². The lowest BCUT2D eigenvalue weighted by Gasteiger charge is -2.16. The average molecular weight is 624 g/mol. The molecule has 0 saturated carbocycles. The molecular weight excluding hydrogens is 591 g/mol. The lowest BCUT2D eigenvalue weighted by atomic mass is 9.91. The van der Waals surface area contributed by atoms with Gasteiger partial charge in [-0.15, -0.1) is 11.3 Å². The van der Waals surface area contributed by atoms with Crippen LogP contribution in [-0.2, 0) is 0 Å². The van der Waals surface area contributed by atoms with Gasteiger partial charge in [-0.05, 0) is 82.6 Å². The third kappa shape index (κ3) is 5.76. The molecule has 0 spiro atoms. The van der Waals surface area contributed by atoms with Gasteiger partial charge < -0.3 is 0 Å². The first-order valence-electron chi connectivity index (χ1n) is 15.6. The second-order valence-corrected chi connectivity index (χ2v) is 12.5. The molecule has 0 fully saturated rings. The van der Waals surface area contributed by atoms with Crippen molar-refractivity contribution in [1.82, 2.24) is 9.97 Å². The van der Waals surface area contributed by atoms with E-state index >= 15 is 0 Å². The Labute approximate surface area is 279 Å². The zero-order valence-corrected chi connectivity index (χ0v) is 26.9. The van der Waals surface area contributed by atoms with E-state index < -0.39 is 0 Å². The van der Waals surface area contributed by atoms with Gasteiger partial charge >= 0.3 is 0 Å². The van der Waals surface area contributed by atoms with Crippen molar-refractivity contribution in [2.24, 2.45) is 4.99 Å². The number of hydrogen-bond donors (Lipinski definition) is 0. The van der Waals surface area contributed by atoms with Gasteiger partial charge in [0.2, 0.25) is 0 Å². The van der Waals surface area contributed by atoms with Crippen molar-refractivity contribution >= 4 is 57.6 Å². The highest BCUT2D eigenvalue weighted by Gasteiger charge is 2.18. The quantitative estimate of drug-likeness (QED) is 0.158. The Morgan fingerprint density at radius 1 is 0.787 bits per heavy atom. The van der Waals surface area contributed by atoms with E-state index in [2.05, 4.69) is 110 Å². The number of benzene rings is 4. The van der Waals surface area contributed by atoms with Crippen LogP contribution in [0.2, 0.25) is 0 Å². The third-order valence-corrected chi connectivity index (χ3v) is 9.67. The molecule has 47 heavy (non-hydrogen) atoms. The van der Waals surface area contributed by atoms with E-state index in [1.165, 1.54) is 0 Å². The van der Waals surface area contributed by atoms with Crippen LogP contribution in [0.4, 0.5) is 5.69 Å². The molecule has 4 aromatic carbocycles. The molecule has 4 heteroatoms. The Morgan fingerprint density at radius 3 is 2.30 bits per heavy atom. The number of allylic oxidation sites excluding steroid dienone is 5. The summed E-state index contributed by atoms with van der Waals surface area (Å²) < 4.78 is 1.15. The minimum absolute atomic E-state index is 0.713. The summed E-state index contributed by atoms with van der Waals surface area (Å²) in [5.74, 6) is 0.713. The predicted molar refractivity (Wildman–Crippen MR) is 203 cm³/mol. The fraction of sp³-hybridized carbons (Fsp3) is 0.0465. The van der Waals surface area contributed by atoms with Gasteiger partial charge in [-0.25, -0.2) is 9.97 Å². The number of aliphatic imine (C=N–C) groups is 1. The van der Waals surface area contributed by atoms with Crippen molar-refractivity contribution in [1.29, 1.82) is 0 Å². The van der Waals surface area contributed by atoms with Gasteiger partial charge in [-0.1, -0.05) is 117 Å². The van der Waals surface area contributed by atoms with Crippen molar-refractivity contribution in [3.63, 3.8) is 0 Å². The molecule has 0 amide bonds. The van der Waals surface area contributed by atoms with E-state index in [0.29, 0.717) is 5.82 Å². The first kappa shape index (κ1) is 30.0. The Balaban J connectivity index is 1.52. The Morgan fingerprint density at radius 2 is 1.55 bits per heavy atom. The van der Waals surface area contributed by atoms with Gasteiger partial charge in [-0.2, -0.15) is 0 Å². The molecule has 2 aromatic heterocycles. The summed E-state index contributed by atoms with van der Waals surface area (Å²) in [4.78, 5) is 15.7. The number of thiophene rings is 1. The molecular formula is C43H33N3S. The van der Waals surface area contributed by atoms with Crippen molar-refractivity contribution in [3.05, 3.63) is 161 Å². The first-order valence-corrected chi connectivity index (χ1v) is 16.4. The molecule has 1 aliphatic rings. The van der Waals surface area contributed by atoms with Crippen molar-refractivity contribution in [2.45, 2.75) is 12.8 Å². The highest BCUT2D eigenvalue weighted by molar-refractivity contribution is 7.20. The first-order chi connectivity index (χ1) is 23.1. The maximum atomic E-state index is 5.25. The summed E-state index contributed by atoms with van der Waals surface area (Å²) in [5, 5.41) is 3.04. The summed E-state index contributed by atoms with van der Waals surface area (Å²) in [6.07, 6.45) is 12.3. The van der Waals surface area contributed by atoms with Crippen LogP contribution in [0.25, 0.3) is 67.5 Å². The van der Waals surface area contributed by atoms with Gasteiger partial charge in [0.1, 0.15) is 0 Å². The van der Waals surface area contributed by atoms with Crippen molar-refractivity contribution in [2.75, 3.05) is 0 Å².